The number of hydrogen-bond acceptors (Lipinski definition) is 3. The summed E-state index contributed by atoms with van der Waals surface area (Å²) in [4.78, 5) is 17.1. The Morgan fingerprint density at radius 3 is 3.00 bits per heavy atom. The maximum Gasteiger partial charge on any atom is 2.00 e. The zero-order valence-corrected chi connectivity index (χ0v) is 8.63. The van der Waals surface area contributed by atoms with Gasteiger partial charge < -0.3 is 4.98 Å². The van der Waals surface area contributed by atoms with Crippen molar-refractivity contribution in [2.75, 3.05) is 0 Å². The molecule has 2 rings (SSSR count). The molecule has 2 aromatic rings. The topological polar surface area (TPSA) is 74.4 Å². The van der Waals surface area contributed by atoms with Gasteiger partial charge in [0.2, 0.25) is 0 Å². The zero-order chi connectivity index (χ0) is 6.97. The second kappa shape index (κ2) is 2.92. The van der Waals surface area contributed by atoms with E-state index < -0.39 is 0 Å². The predicted octanol–water partition coefficient (Wildman–Crippen LogP) is -0.356. The molecule has 2 N–H and O–H groups in total. The summed E-state index contributed by atoms with van der Waals surface area (Å²) in [5.41, 5.74) is 0.350. The van der Waals surface area contributed by atoms with Gasteiger partial charge in [0, 0.05) is 0 Å². The summed E-state index contributed by atoms with van der Waals surface area (Å²) in [6, 6.07) is 0. The van der Waals surface area contributed by atoms with Crippen molar-refractivity contribution in [1.82, 2.24) is 20.2 Å². The van der Waals surface area contributed by atoms with Crippen LogP contribution in [0.3, 0.4) is 0 Å². The molecule has 0 saturated heterocycles. The van der Waals surface area contributed by atoms with E-state index in [4.69, 9.17) is 0 Å². The van der Waals surface area contributed by atoms with Crippen LogP contribution in [0.2, 0.25) is 0 Å². The molecule has 0 saturated carbocycles. The van der Waals surface area contributed by atoms with Crippen LogP contribution in [0, 0.1) is 0 Å². The molecule has 2 heterocycles. The van der Waals surface area contributed by atoms with Gasteiger partial charge in [0.1, 0.15) is 5.39 Å². The van der Waals surface area contributed by atoms with Crippen molar-refractivity contribution in [3.05, 3.63) is 22.9 Å². The van der Waals surface area contributed by atoms with Crippen LogP contribution in [0.15, 0.2) is 17.3 Å². The van der Waals surface area contributed by atoms with E-state index in [1.165, 1.54) is 12.5 Å². The van der Waals surface area contributed by atoms with Gasteiger partial charge in [-0.05, 0) is 0 Å². The van der Waals surface area contributed by atoms with E-state index in [2.05, 4.69) is 20.2 Å². The van der Waals surface area contributed by atoms with E-state index in [0.717, 1.165) is 0 Å². The van der Waals surface area contributed by atoms with Gasteiger partial charge in [-0.25, -0.2) is 4.98 Å². The minimum absolute atomic E-state index is 0. The van der Waals surface area contributed by atoms with Crippen molar-refractivity contribution in [2.24, 2.45) is 0 Å². The molecule has 0 atom stereocenters. The molecule has 0 aliphatic rings. The van der Waals surface area contributed by atoms with E-state index >= 15 is 0 Å². The van der Waals surface area contributed by atoms with Crippen LogP contribution in [0.4, 0.5) is 0 Å². The van der Waals surface area contributed by atoms with Crippen LogP contribution in [0.5, 0.6) is 0 Å². The van der Waals surface area contributed by atoms with Crippen molar-refractivity contribution in [3.8, 4) is 0 Å². The van der Waals surface area contributed by atoms with Crippen molar-refractivity contribution in [2.45, 2.75) is 0 Å². The summed E-state index contributed by atoms with van der Waals surface area (Å²) >= 11 is 0. The molecule has 0 unspecified atom stereocenters. The van der Waals surface area contributed by atoms with Crippen LogP contribution in [0.1, 0.15) is 0 Å². The van der Waals surface area contributed by atoms with E-state index in [1.54, 1.807) is 0 Å². The Labute approximate surface area is 74.0 Å². The third kappa shape index (κ3) is 1.21. The average Bonchev–Trinajstić information content (AvgIpc) is 2.36. The van der Waals surface area contributed by atoms with Gasteiger partial charge in [0.15, 0.2) is 5.65 Å². The summed E-state index contributed by atoms with van der Waals surface area (Å²) < 4.78 is 0. The molecule has 0 aliphatic carbocycles. The van der Waals surface area contributed by atoms with E-state index in [-0.39, 0.29) is 25.0 Å². The van der Waals surface area contributed by atoms with Gasteiger partial charge in [-0.3, -0.25) is 9.89 Å². The number of nitrogens with zero attached hydrogens (tertiary/aromatic N) is 2. The molecular weight excluding hydrogens is 197 g/mol. The van der Waals surface area contributed by atoms with Crippen molar-refractivity contribution >= 4 is 11.0 Å². The smallest absolute Gasteiger partial charge is 0.312 e. The first-order valence-corrected chi connectivity index (χ1v) is 2.75. The van der Waals surface area contributed by atoms with Gasteiger partial charge in [-0.1, -0.05) is 0 Å². The molecule has 0 spiro atoms. The number of aromatic amines is 2. The van der Waals surface area contributed by atoms with Gasteiger partial charge in [-0.2, -0.15) is 5.10 Å². The molecule has 0 aromatic carbocycles. The molecule has 0 fully saturated rings. The molecule has 0 amide bonds. The molecule has 0 radical (unpaired) electrons. The molecule has 11 heavy (non-hydrogen) atoms. The Balaban J connectivity index is 0.000000605. The first kappa shape index (κ1) is 8.07. The maximum atomic E-state index is 10.9. The Hall–Kier alpha value is -1.03. The molecule has 2 aromatic heterocycles. The largest absolute Gasteiger partial charge is 2.00 e. The maximum absolute atomic E-state index is 10.9. The number of nitrogens with one attached hydrogen (secondary N) is 2. The fourth-order valence-corrected chi connectivity index (χ4v) is 0.777. The third-order valence-corrected chi connectivity index (χ3v) is 1.25. The molecule has 0 aliphatic heterocycles. The van der Waals surface area contributed by atoms with E-state index in [1.807, 2.05) is 0 Å². The summed E-state index contributed by atoms with van der Waals surface area (Å²) in [7, 11) is 0. The molecule has 0 bridgehead atoms. The fraction of sp³-hybridized carbons (Fsp3) is 0. The quantitative estimate of drug-likeness (QED) is 0.572. The first-order valence-electron chi connectivity index (χ1n) is 2.75. The molecule has 5 nitrogen and oxygen atoms in total. The molecule has 50 valence electrons. The van der Waals surface area contributed by atoms with Crippen LogP contribution in [-0.2, 0) is 19.5 Å². The zero-order valence-electron chi connectivity index (χ0n) is 5.66. The number of rotatable bonds is 0. The summed E-state index contributed by atoms with van der Waals surface area (Å²) in [6.07, 6.45) is 2.78. The Morgan fingerprint density at radius 2 is 2.27 bits per heavy atom. The van der Waals surface area contributed by atoms with Crippen LogP contribution < -0.4 is 5.56 Å². The predicted molar refractivity (Wildman–Crippen MR) is 34.5 cm³/mol. The minimum Gasteiger partial charge on any atom is -0.312 e. The summed E-state index contributed by atoms with van der Waals surface area (Å²) in [5.74, 6) is 0. The van der Waals surface area contributed by atoms with Crippen LogP contribution >= 0.6 is 0 Å². The second-order valence-electron chi connectivity index (χ2n) is 1.86. The number of fused-ring (bicyclic) bond motifs is 1. The van der Waals surface area contributed by atoms with Gasteiger partial charge in [0.05, 0.1) is 12.5 Å². The van der Waals surface area contributed by atoms with Crippen molar-refractivity contribution in [1.29, 1.82) is 0 Å². The normalized spacial score (nSPS) is 9.45. The summed E-state index contributed by atoms with van der Waals surface area (Å²) in [6.45, 7) is 0. The van der Waals surface area contributed by atoms with Crippen molar-refractivity contribution < 1.29 is 19.5 Å². The third-order valence-electron chi connectivity index (χ3n) is 1.25. The molecule has 6 heteroatoms. The minimum atomic E-state index is -0.168. The van der Waals surface area contributed by atoms with E-state index in [9.17, 15) is 4.79 Å². The van der Waals surface area contributed by atoms with Gasteiger partial charge >= 0.3 is 19.5 Å². The summed E-state index contributed by atoms with van der Waals surface area (Å²) in [5, 5.41) is 6.72. The average molecular weight is 202 g/mol. The van der Waals surface area contributed by atoms with Gasteiger partial charge in [0.25, 0.3) is 5.56 Å². The van der Waals surface area contributed by atoms with Gasteiger partial charge in [-0.15, -0.1) is 0 Å². The monoisotopic (exact) mass is 200 g/mol. The van der Waals surface area contributed by atoms with Crippen LogP contribution in [-0.4, -0.2) is 20.2 Å². The van der Waals surface area contributed by atoms with Crippen molar-refractivity contribution in [3.63, 3.8) is 0 Å². The standard InChI is InChI=1S/C5H4N4O.Zn/c10-5-3-1-8-9-4(3)6-2-7-5;/h1-2H,(H2,6,7,8,9,10);/q;+2. The number of aromatic nitrogens is 4. The first-order chi connectivity index (χ1) is 4.88. The van der Waals surface area contributed by atoms with Crippen LogP contribution in [0.25, 0.3) is 11.0 Å². The second-order valence-corrected chi connectivity index (χ2v) is 1.86. The Kier molecular flexibility index (Phi) is 2.14. The number of hydrogen-bond donors (Lipinski definition) is 2. The fourth-order valence-electron chi connectivity index (χ4n) is 0.777. The Bertz CT molecular complexity index is 406. The van der Waals surface area contributed by atoms with E-state index in [0.29, 0.717) is 11.0 Å². The SMILES string of the molecule is O=c1[nH]cnc2[nH]ncc12.[Zn+2]. The number of H-pyrrole nitrogens is 2. The molecular formula is C5H4N4OZn+2. The Morgan fingerprint density at radius 1 is 1.45 bits per heavy atom.